The second-order valence-corrected chi connectivity index (χ2v) is 13.1. The van der Waals surface area contributed by atoms with Crippen LogP contribution in [0.2, 0.25) is 0 Å². The molecule has 2 bridgehead atoms. The van der Waals surface area contributed by atoms with E-state index >= 15 is 0 Å². The van der Waals surface area contributed by atoms with Crippen LogP contribution >= 0.6 is 0 Å². The van der Waals surface area contributed by atoms with Gasteiger partial charge < -0.3 is 30.7 Å². The predicted molar refractivity (Wildman–Crippen MR) is 143 cm³/mol. The van der Waals surface area contributed by atoms with Crippen LogP contribution in [-0.2, 0) is 4.74 Å². The monoisotopic (exact) mass is 505 g/mol. The number of aromatic nitrogens is 1. The van der Waals surface area contributed by atoms with Crippen molar-refractivity contribution in [2.45, 2.75) is 86.9 Å². The summed E-state index contributed by atoms with van der Waals surface area (Å²) in [6.45, 7) is 2.36. The van der Waals surface area contributed by atoms with E-state index in [1.807, 2.05) is 25.1 Å². The van der Waals surface area contributed by atoms with Crippen molar-refractivity contribution in [1.29, 1.82) is 0 Å². The van der Waals surface area contributed by atoms with Crippen LogP contribution in [0.1, 0.15) is 57.4 Å². The van der Waals surface area contributed by atoms with Crippen molar-refractivity contribution in [3.63, 3.8) is 0 Å². The zero-order valence-electron chi connectivity index (χ0n) is 22.0. The average molecular weight is 506 g/mol. The van der Waals surface area contributed by atoms with Gasteiger partial charge in [-0.25, -0.2) is 4.98 Å². The first-order valence-electron chi connectivity index (χ1n) is 13.8. The fraction of sp³-hybridized carbons (Fsp3) is 0.633. The molecule has 0 amide bonds. The Labute approximate surface area is 218 Å². The molecule has 1 aromatic carbocycles. The molecule has 2 aromatic rings. The predicted octanol–water partition coefficient (Wildman–Crippen LogP) is 3.12. The van der Waals surface area contributed by atoms with Crippen LogP contribution in [0.25, 0.3) is 16.3 Å². The lowest BCUT2D eigenvalue weighted by Crippen LogP contribution is -2.73. The lowest BCUT2D eigenvalue weighted by molar-refractivity contribution is -0.331. The van der Waals surface area contributed by atoms with E-state index in [0.29, 0.717) is 25.1 Å². The Morgan fingerprint density at radius 1 is 1.05 bits per heavy atom. The van der Waals surface area contributed by atoms with Gasteiger partial charge in [-0.15, -0.1) is 0 Å². The first-order valence-corrected chi connectivity index (χ1v) is 13.8. The topological polar surface area (TPSA) is 112 Å². The minimum absolute atomic E-state index is 0.120. The van der Waals surface area contributed by atoms with Crippen molar-refractivity contribution in [1.82, 2.24) is 9.88 Å². The lowest BCUT2D eigenvalue weighted by atomic mass is 9.51. The number of pyridine rings is 1. The average Bonchev–Trinajstić information content (AvgIpc) is 3.40. The van der Waals surface area contributed by atoms with Crippen LogP contribution in [0, 0.1) is 17.3 Å². The molecule has 4 fully saturated rings. The van der Waals surface area contributed by atoms with E-state index in [1.54, 1.807) is 6.20 Å². The second-order valence-electron chi connectivity index (χ2n) is 13.1. The number of hydrogen-bond acceptors (Lipinski definition) is 7. The van der Waals surface area contributed by atoms with Crippen molar-refractivity contribution >= 4 is 22.2 Å². The number of ether oxygens (including phenoxy) is 1. The third-order valence-corrected chi connectivity index (χ3v) is 11.4. The molecule has 7 heteroatoms. The molecule has 7 rings (SSSR count). The van der Waals surface area contributed by atoms with Gasteiger partial charge in [-0.05, 0) is 93.1 Å². The van der Waals surface area contributed by atoms with Gasteiger partial charge >= 0.3 is 0 Å². The minimum atomic E-state index is -1.000. The van der Waals surface area contributed by atoms with Gasteiger partial charge in [-0.1, -0.05) is 25.1 Å². The Balaban J connectivity index is 1.27. The van der Waals surface area contributed by atoms with Crippen LogP contribution in [-0.4, -0.2) is 74.4 Å². The second kappa shape index (κ2) is 7.54. The number of aliphatic hydroxyl groups is 3. The van der Waals surface area contributed by atoms with E-state index in [4.69, 9.17) is 10.5 Å². The summed E-state index contributed by atoms with van der Waals surface area (Å²) in [4.78, 5) is 6.24. The number of nitrogen functional groups attached to an aromatic ring is 1. The van der Waals surface area contributed by atoms with Gasteiger partial charge in [0, 0.05) is 29.5 Å². The number of likely N-dealkylation sites (N-methyl/N-ethyl adjacent to an activating group) is 1. The van der Waals surface area contributed by atoms with Gasteiger partial charge in [0.25, 0.3) is 0 Å². The van der Waals surface area contributed by atoms with E-state index in [0.717, 1.165) is 36.5 Å². The maximum atomic E-state index is 12.3. The quantitative estimate of drug-likeness (QED) is 0.496. The van der Waals surface area contributed by atoms with E-state index < -0.39 is 29.0 Å². The molecule has 9 atom stereocenters. The maximum absolute atomic E-state index is 12.3. The molecule has 5 aliphatic rings. The van der Waals surface area contributed by atoms with Gasteiger partial charge in [0.05, 0.1) is 23.4 Å². The fourth-order valence-corrected chi connectivity index (χ4v) is 9.43. The number of aliphatic hydroxyl groups excluding tert-OH is 2. The molecule has 198 valence electrons. The van der Waals surface area contributed by atoms with Gasteiger partial charge in [0.1, 0.15) is 11.4 Å². The van der Waals surface area contributed by atoms with Crippen molar-refractivity contribution in [2.75, 3.05) is 19.8 Å². The number of allylic oxidation sites excluding steroid dienone is 2. The summed E-state index contributed by atoms with van der Waals surface area (Å²) >= 11 is 0. The molecule has 37 heavy (non-hydrogen) atoms. The Morgan fingerprint density at radius 2 is 1.86 bits per heavy atom. The smallest absolute Gasteiger partial charge is 0.131 e. The zero-order valence-corrected chi connectivity index (χ0v) is 22.0. The van der Waals surface area contributed by atoms with Crippen LogP contribution in [0.15, 0.2) is 36.5 Å². The number of hydrogen-bond donors (Lipinski definition) is 4. The highest BCUT2D eigenvalue weighted by atomic mass is 16.6. The van der Waals surface area contributed by atoms with Gasteiger partial charge in [0.15, 0.2) is 0 Å². The molecule has 7 nitrogen and oxygen atoms in total. The lowest BCUT2D eigenvalue weighted by Gasteiger charge is -2.65. The molecule has 2 spiro atoms. The van der Waals surface area contributed by atoms with Crippen molar-refractivity contribution in [3.8, 4) is 0 Å². The molecular weight excluding hydrogens is 466 g/mol. The summed E-state index contributed by atoms with van der Waals surface area (Å²) in [6.07, 6.45) is 7.56. The molecule has 2 aliphatic heterocycles. The Kier molecular flexibility index (Phi) is 4.90. The first-order chi connectivity index (χ1) is 17.5. The number of fused-ring (bicyclic) bond motifs is 2. The van der Waals surface area contributed by atoms with Crippen molar-refractivity contribution in [2.24, 2.45) is 17.3 Å². The first kappa shape index (κ1) is 24.0. The summed E-state index contributed by atoms with van der Waals surface area (Å²) in [5.41, 5.74) is 6.39. The van der Waals surface area contributed by atoms with Gasteiger partial charge in [0.2, 0.25) is 0 Å². The molecule has 2 saturated heterocycles. The third-order valence-electron chi connectivity index (χ3n) is 11.4. The van der Waals surface area contributed by atoms with Crippen molar-refractivity contribution < 1.29 is 20.1 Å². The van der Waals surface area contributed by atoms with E-state index in [-0.39, 0.29) is 23.3 Å². The number of nitrogens with two attached hydrogens (primary N) is 1. The number of rotatable bonds is 2. The molecule has 0 radical (unpaired) electrons. The van der Waals surface area contributed by atoms with Gasteiger partial charge in [-0.2, -0.15) is 0 Å². The number of nitrogens with zero attached hydrogens (tertiary/aromatic N) is 2. The highest BCUT2D eigenvalue weighted by Crippen LogP contribution is 2.71. The molecule has 3 heterocycles. The van der Waals surface area contributed by atoms with Crippen LogP contribution in [0.5, 0.6) is 0 Å². The molecule has 3 aliphatic carbocycles. The molecule has 3 unspecified atom stereocenters. The van der Waals surface area contributed by atoms with Crippen LogP contribution in [0.4, 0.5) is 5.82 Å². The van der Waals surface area contributed by atoms with Gasteiger partial charge in [-0.3, -0.25) is 0 Å². The van der Waals surface area contributed by atoms with Crippen LogP contribution in [0.3, 0.4) is 0 Å². The molecule has 1 aromatic heterocycles. The summed E-state index contributed by atoms with van der Waals surface area (Å²) in [7, 11) is 3.92. The SMILES string of the molecule is CN(C)[C@H]1C[C@@]23CC[C@]4(O2)C2CC=C(c5ccc6c(N)nccc6c5)[C@@]2(C)CCC4(O)CC3[C@@H](O)[C@@H]1O. The minimum Gasteiger partial charge on any atom is -0.390 e. The van der Waals surface area contributed by atoms with E-state index in [1.165, 1.54) is 11.1 Å². The van der Waals surface area contributed by atoms with E-state index in [9.17, 15) is 15.3 Å². The summed E-state index contributed by atoms with van der Waals surface area (Å²) in [5.74, 6) is 0.457. The van der Waals surface area contributed by atoms with Crippen LogP contribution < -0.4 is 5.73 Å². The molecule has 2 saturated carbocycles. The van der Waals surface area contributed by atoms with Crippen molar-refractivity contribution in [3.05, 3.63) is 42.1 Å². The Hall–Kier alpha value is -2.03. The number of anilines is 1. The standard InChI is InChI=1S/C30H39N3O4/c1-27-9-11-29(36)15-21-24(34)25(35)22(33(2)3)16-28(21)10-12-30(29,37-28)23(27)7-6-20(27)18-4-5-19-17(14-18)8-13-32-26(19)31/h4-6,8,13-14,21-25,34-36H,7,9-12,15-16H2,1-3H3,(H2,31,32)/t21?,22-,23?,24+,25+,27+,28+,29?,30-/m0/s1. The third kappa shape index (κ3) is 2.92. The maximum Gasteiger partial charge on any atom is 0.131 e. The summed E-state index contributed by atoms with van der Waals surface area (Å²) < 4.78 is 7.23. The number of benzene rings is 1. The zero-order chi connectivity index (χ0) is 26.0. The van der Waals surface area contributed by atoms with E-state index in [2.05, 4.69) is 36.2 Å². The highest BCUT2D eigenvalue weighted by molar-refractivity contribution is 5.93. The Bertz CT molecular complexity index is 1310. The normalized spacial score (nSPS) is 46.5. The summed E-state index contributed by atoms with van der Waals surface area (Å²) in [6, 6.07) is 8.30. The fourth-order valence-electron chi connectivity index (χ4n) is 9.43. The summed E-state index contributed by atoms with van der Waals surface area (Å²) in [5, 5.41) is 36.6. The molecule has 5 N–H and O–H groups in total. The largest absolute Gasteiger partial charge is 0.390 e. The Morgan fingerprint density at radius 3 is 2.65 bits per heavy atom. The highest BCUT2D eigenvalue weighted by Gasteiger charge is 2.76. The molecular formula is C30H39N3O4.